The first kappa shape index (κ1) is 17.7. The molecule has 1 heterocycles. The Kier molecular flexibility index (Phi) is 5.02. The van der Waals surface area contributed by atoms with Gasteiger partial charge in [-0.2, -0.15) is 0 Å². The van der Waals surface area contributed by atoms with Gasteiger partial charge in [-0.1, -0.05) is 78.9 Å². The summed E-state index contributed by atoms with van der Waals surface area (Å²) in [4.78, 5) is 25.4. The monoisotopic (exact) mass is 368 g/mol. The van der Waals surface area contributed by atoms with Crippen LogP contribution in [0.25, 0.3) is 10.9 Å². The van der Waals surface area contributed by atoms with Crippen LogP contribution in [0.1, 0.15) is 21.5 Å². The Morgan fingerprint density at radius 2 is 1.43 bits per heavy atom. The molecule has 0 spiro atoms. The maximum atomic E-state index is 13.0. The summed E-state index contributed by atoms with van der Waals surface area (Å²) in [6, 6.07) is 26.7. The van der Waals surface area contributed by atoms with E-state index in [1.165, 1.54) is 0 Å². The zero-order valence-electron chi connectivity index (χ0n) is 15.3. The molecule has 1 N–H and O–H groups in total. The van der Waals surface area contributed by atoms with Gasteiger partial charge in [0, 0.05) is 34.8 Å². The molecule has 0 bridgehead atoms. The van der Waals surface area contributed by atoms with E-state index >= 15 is 0 Å². The third-order valence-corrected chi connectivity index (χ3v) is 4.72. The van der Waals surface area contributed by atoms with Crippen molar-refractivity contribution in [2.45, 2.75) is 13.1 Å². The number of ketones is 1. The molecule has 0 saturated carbocycles. The minimum absolute atomic E-state index is 0.0414. The van der Waals surface area contributed by atoms with Gasteiger partial charge in [0.25, 0.3) is 0 Å². The summed E-state index contributed by atoms with van der Waals surface area (Å²) >= 11 is 0. The van der Waals surface area contributed by atoms with Crippen LogP contribution in [0.5, 0.6) is 0 Å². The Labute approximate surface area is 163 Å². The predicted molar refractivity (Wildman–Crippen MR) is 110 cm³/mol. The topological polar surface area (TPSA) is 51.1 Å². The van der Waals surface area contributed by atoms with Crippen molar-refractivity contribution in [2.24, 2.45) is 0 Å². The maximum absolute atomic E-state index is 13.0. The van der Waals surface area contributed by atoms with E-state index in [1.54, 1.807) is 18.3 Å². The molecule has 4 aromatic rings. The first-order chi connectivity index (χ1) is 13.7. The van der Waals surface area contributed by atoms with Gasteiger partial charge in [0.2, 0.25) is 5.91 Å². The van der Waals surface area contributed by atoms with Gasteiger partial charge in [-0.15, -0.1) is 0 Å². The number of nitrogens with zero attached hydrogens (tertiary/aromatic N) is 1. The smallest absolute Gasteiger partial charge is 0.240 e. The van der Waals surface area contributed by atoms with Crippen LogP contribution in [0.4, 0.5) is 0 Å². The summed E-state index contributed by atoms with van der Waals surface area (Å²) in [7, 11) is 0. The lowest BCUT2D eigenvalue weighted by Gasteiger charge is -2.07. The van der Waals surface area contributed by atoms with Crippen LogP contribution in [-0.2, 0) is 17.9 Å². The van der Waals surface area contributed by atoms with Gasteiger partial charge in [-0.05, 0) is 11.6 Å². The Morgan fingerprint density at radius 1 is 0.786 bits per heavy atom. The molecule has 0 aliphatic carbocycles. The number of hydrogen-bond acceptors (Lipinski definition) is 2. The average molecular weight is 368 g/mol. The largest absolute Gasteiger partial charge is 0.350 e. The Bertz CT molecular complexity index is 1120. The van der Waals surface area contributed by atoms with Crippen molar-refractivity contribution >= 4 is 22.6 Å². The third kappa shape index (κ3) is 3.71. The molecule has 4 rings (SSSR count). The molecule has 0 atom stereocenters. The fraction of sp³-hybridized carbons (Fsp3) is 0.0833. The highest BCUT2D eigenvalue weighted by atomic mass is 16.2. The van der Waals surface area contributed by atoms with Gasteiger partial charge in [-0.25, -0.2) is 0 Å². The van der Waals surface area contributed by atoms with Crippen LogP contribution in [0.2, 0.25) is 0 Å². The van der Waals surface area contributed by atoms with Crippen molar-refractivity contribution in [2.75, 3.05) is 0 Å². The normalized spacial score (nSPS) is 10.7. The first-order valence-electron chi connectivity index (χ1n) is 9.20. The van der Waals surface area contributed by atoms with Crippen molar-refractivity contribution in [3.8, 4) is 0 Å². The van der Waals surface area contributed by atoms with E-state index in [0.29, 0.717) is 17.7 Å². The van der Waals surface area contributed by atoms with E-state index in [-0.39, 0.29) is 18.2 Å². The van der Waals surface area contributed by atoms with Crippen LogP contribution in [-0.4, -0.2) is 16.3 Å². The second kappa shape index (κ2) is 7.92. The number of para-hydroxylation sites is 1. The van der Waals surface area contributed by atoms with E-state index in [9.17, 15) is 9.59 Å². The lowest BCUT2D eigenvalue weighted by atomic mass is 10.0. The second-order valence-corrected chi connectivity index (χ2v) is 6.65. The Morgan fingerprint density at radius 3 is 2.18 bits per heavy atom. The molecule has 0 radical (unpaired) electrons. The van der Waals surface area contributed by atoms with Crippen molar-refractivity contribution in [3.05, 3.63) is 108 Å². The van der Waals surface area contributed by atoms with Gasteiger partial charge in [-0.3, -0.25) is 9.59 Å². The second-order valence-electron chi connectivity index (χ2n) is 6.65. The molecular weight excluding hydrogens is 348 g/mol. The first-order valence-corrected chi connectivity index (χ1v) is 9.20. The van der Waals surface area contributed by atoms with Gasteiger partial charge < -0.3 is 9.88 Å². The molecular formula is C24H20N2O2. The fourth-order valence-electron chi connectivity index (χ4n) is 3.31. The summed E-state index contributed by atoms with van der Waals surface area (Å²) in [5, 5.41) is 3.79. The lowest BCUT2D eigenvalue weighted by Crippen LogP contribution is -2.26. The zero-order valence-corrected chi connectivity index (χ0v) is 15.3. The standard InChI is InChI=1S/C24H20N2O2/c27-23(25-15-18-9-3-1-4-10-18)17-26-16-21(20-13-7-8-14-22(20)26)24(28)19-11-5-2-6-12-19/h1-14,16H,15,17H2,(H,25,27). The number of benzene rings is 3. The van der Waals surface area contributed by atoms with Gasteiger partial charge >= 0.3 is 0 Å². The molecule has 4 nitrogen and oxygen atoms in total. The average Bonchev–Trinajstić information content (AvgIpc) is 3.11. The van der Waals surface area contributed by atoms with E-state index in [2.05, 4.69) is 5.32 Å². The molecule has 1 aromatic heterocycles. The summed E-state index contributed by atoms with van der Waals surface area (Å²) < 4.78 is 1.84. The summed E-state index contributed by atoms with van der Waals surface area (Å²) in [6.07, 6.45) is 1.78. The molecule has 1 amide bonds. The number of carbonyl (C=O) groups is 2. The summed E-state index contributed by atoms with van der Waals surface area (Å²) in [6.45, 7) is 0.643. The number of aromatic nitrogens is 1. The van der Waals surface area contributed by atoms with E-state index < -0.39 is 0 Å². The number of rotatable bonds is 6. The van der Waals surface area contributed by atoms with E-state index in [0.717, 1.165) is 16.5 Å². The fourth-order valence-corrected chi connectivity index (χ4v) is 3.31. The quantitative estimate of drug-likeness (QED) is 0.519. The summed E-state index contributed by atoms with van der Waals surface area (Å²) in [5.41, 5.74) is 3.17. The molecule has 3 aromatic carbocycles. The number of amides is 1. The van der Waals surface area contributed by atoms with Crippen LogP contribution in [0.3, 0.4) is 0 Å². The highest BCUT2D eigenvalue weighted by Crippen LogP contribution is 2.24. The van der Waals surface area contributed by atoms with Crippen LogP contribution < -0.4 is 5.32 Å². The third-order valence-electron chi connectivity index (χ3n) is 4.72. The predicted octanol–water partition coefficient (Wildman–Crippen LogP) is 4.19. The maximum Gasteiger partial charge on any atom is 0.240 e. The highest BCUT2D eigenvalue weighted by Gasteiger charge is 2.17. The molecule has 138 valence electrons. The Balaban J connectivity index is 1.58. The summed E-state index contributed by atoms with van der Waals surface area (Å²) in [5.74, 6) is -0.136. The molecule has 4 heteroatoms. The van der Waals surface area contributed by atoms with E-state index in [4.69, 9.17) is 0 Å². The zero-order chi connectivity index (χ0) is 19.3. The van der Waals surface area contributed by atoms with Crippen molar-refractivity contribution in [3.63, 3.8) is 0 Å². The van der Waals surface area contributed by atoms with Crippen LogP contribution >= 0.6 is 0 Å². The minimum Gasteiger partial charge on any atom is -0.350 e. The number of carbonyl (C=O) groups excluding carboxylic acids is 2. The Hall–Kier alpha value is -3.66. The minimum atomic E-state index is -0.0942. The van der Waals surface area contributed by atoms with Gasteiger partial charge in [0.1, 0.15) is 6.54 Å². The number of nitrogens with one attached hydrogen (secondary N) is 1. The van der Waals surface area contributed by atoms with Crippen molar-refractivity contribution in [1.29, 1.82) is 0 Å². The lowest BCUT2D eigenvalue weighted by molar-refractivity contribution is -0.121. The van der Waals surface area contributed by atoms with Crippen LogP contribution in [0.15, 0.2) is 91.1 Å². The van der Waals surface area contributed by atoms with Gasteiger partial charge in [0.05, 0.1) is 0 Å². The van der Waals surface area contributed by atoms with Crippen LogP contribution in [0, 0.1) is 0 Å². The SMILES string of the molecule is O=C(Cn1cc(C(=O)c2ccccc2)c2ccccc21)NCc1ccccc1. The molecule has 0 aliphatic rings. The molecule has 0 unspecified atom stereocenters. The number of fused-ring (bicyclic) bond motifs is 1. The molecule has 0 fully saturated rings. The molecule has 0 saturated heterocycles. The molecule has 28 heavy (non-hydrogen) atoms. The highest BCUT2D eigenvalue weighted by molar-refractivity contribution is 6.16. The number of hydrogen-bond donors (Lipinski definition) is 1. The van der Waals surface area contributed by atoms with Crippen molar-refractivity contribution in [1.82, 2.24) is 9.88 Å². The molecule has 0 aliphatic heterocycles. The van der Waals surface area contributed by atoms with E-state index in [1.807, 2.05) is 77.4 Å². The van der Waals surface area contributed by atoms with Gasteiger partial charge in [0.15, 0.2) is 5.78 Å². The van der Waals surface area contributed by atoms with Crippen molar-refractivity contribution < 1.29 is 9.59 Å².